The molecule has 0 saturated carbocycles. The first-order valence-electron chi connectivity index (χ1n) is 18.2. The minimum absolute atomic E-state index is 0.237. The van der Waals surface area contributed by atoms with Crippen molar-refractivity contribution in [2.75, 3.05) is 26.4 Å². The van der Waals surface area contributed by atoms with Crippen LogP contribution in [0, 0.1) is 0 Å². The van der Waals surface area contributed by atoms with E-state index in [1.54, 1.807) is 13.8 Å². The van der Waals surface area contributed by atoms with Crippen LogP contribution in [0.2, 0.25) is 0 Å². The number of ether oxygens (including phenoxy) is 4. The van der Waals surface area contributed by atoms with Gasteiger partial charge in [-0.2, -0.15) is 0 Å². The van der Waals surface area contributed by atoms with Gasteiger partial charge in [-0.1, -0.05) is 133 Å². The van der Waals surface area contributed by atoms with Crippen molar-refractivity contribution in [2.45, 2.75) is 13.8 Å². The molecule has 0 radical (unpaired) electrons. The standard InChI is InChI=1S/C48H38O6/c1-3-51-43(49)29-53-47-39-21-13-11-19-35(39)41-27-33(31-15-7-5-8-16-31)23-25-37(41)45(47)46-38-26-24-34(32-17-9-6-10-18-32)28-42(38)36-20-12-14-22-40(36)48(46)54-30-44(50)52-4-2/h5-28H,3-4,29-30H2,1-2H3. The number of fused-ring (bicyclic) bond motifs is 6. The first kappa shape index (κ1) is 34.4. The van der Waals surface area contributed by atoms with Crippen LogP contribution in [0.1, 0.15) is 13.8 Å². The lowest BCUT2D eigenvalue weighted by atomic mass is 9.85. The van der Waals surface area contributed by atoms with Crippen LogP contribution >= 0.6 is 0 Å². The zero-order valence-electron chi connectivity index (χ0n) is 30.1. The quantitative estimate of drug-likeness (QED) is 0.0983. The van der Waals surface area contributed by atoms with Gasteiger partial charge in [-0.3, -0.25) is 0 Å². The van der Waals surface area contributed by atoms with Crippen molar-refractivity contribution < 1.29 is 28.5 Å². The third-order valence-corrected chi connectivity index (χ3v) is 9.70. The maximum absolute atomic E-state index is 12.9. The summed E-state index contributed by atoms with van der Waals surface area (Å²) in [5.41, 5.74) is 5.80. The number of esters is 2. The number of hydrogen-bond donors (Lipinski definition) is 0. The average molecular weight is 711 g/mol. The zero-order chi connectivity index (χ0) is 37.0. The fourth-order valence-electron chi connectivity index (χ4n) is 7.40. The van der Waals surface area contributed by atoms with Gasteiger partial charge in [-0.25, -0.2) is 9.59 Å². The molecule has 54 heavy (non-hydrogen) atoms. The van der Waals surface area contributed by atoms with Gasteiger partial charge in [0.25, 0.3) is 0 Å². The highest BCUT2D eigenvalue weighted by atomic mass is 16.6. The lowest BCUT2D eigenvalue weighted by Crippen LogP contribution is -2.16. The summed E-state index contributed by atoms with van der Waals surface area (Å²) in [5, 5.41) is 7.40. The van der Waals surface area contributed by atoms with E-state index in [0.29, 0.717) is 11.5 Å². The van der Waals surface area contributed by atoms with Gasteiger partial charge < -0.3 is 18.9 Å². The summed E-state index contributed by atoms with van der Waals surface area (Å²) in [6.07, 6.45) is 0. The van der Waals surface area contributed by atoms with Gasteiger partial charge in [0.15, 0.2) is 13.2 Å². The van der Waals surface area contributed by atoms with Gasteiger partial charge in [0.05, 0.1) is 13.2 Å². The van der Waals surface area contributed by atoms with Gasteiger partial charge in [0.2, 0.25) is 0 Å². The molecule has 0 heterocycles. The predicted octanol–water partition coefficient (Wildman–Crippen LogP) is 11.2. The first-order valence-corrected chi connectivity index (χ1v) is 18.2. The highest BCUT2D eigenvalue weighted by Crippen LogP contribution is 2.53. The fourth-order valence-corrected chi connectivity index (χ4v) is 7.40. The summed E-state index contributed by atoms with van der Waals surface area (Å²) in [6.45, 7) is 3.44. The summed E-state index contributed by atoms with van der Waals surface area (Å²) >= 11 is 0. The maximum Gasteiger partial charge on any atom is 0.344 e. The molecule has 0 aliphatic heterocycles. The molecule has 6 nitrogen and oxygen atoms in total. The van der Waals surface area contributed by atoms with Crippen molar-refractivity contribution in [2.24, 2.45) is 0 Å². The molecule has 0 aliphatic rings. The molecule has 8 aromatic carbocycles. The molecule has 0 aromatic heterocycles. The maximum atomic E-state index is 12.9. The van der Waals surface area contributed by atoms with Crippen LogP contribution in [0.25, 0.3) is 76.5 Å². The average Bonchev–Trinajstić information content (AvgIpc) is 3.22. The van der Waals surface area contributed by atoms with Gasteiger partial charge in [0, 0.05) is 21.9 Å². The van der Waals surface area contributed by atoms with Crippen LogP contribution in [0.3, 0.4) is 0 Å². The van der Waals surface area contributed by atoms with E-state index < -0.39 is 11.9 Å². The summed E-state index contributed by atoms with van der Waals surface area (Å²) in [6, 6.07) is 49.6. The van der Waals surface area contributed by atoms with E-state index in [4.69, 9.17) is 18.9 Å². The molecule has 0 fully saturated rings. The summed E-state index contributed by atoms with van der Waals surface area (Å²) in [7, 11) is 0. The van der Waals surface area contributed by atoms with E-state index in [0.717, 1.165) is 76.5 Å². The molecular weight excluding hydrogens is 673 g/mol. The summed E-state index contributed by atoms with van der Waals surface area (Å²) in [4.78, 5) is 25.8. The molecule has 0 N–H and O–H groups in total. The number of benzene rings is 8. The van der Waals surface area contributed by atoms with Crippen molar-refractivity contribution in [3.63, 3.8) is 0 Å². The van der Waals surface area contributed by atoms with Crippen molar-refractivity contribution in [1.82, 2.24) is 0 Å². The second kappa shape index (κ2) is 15.1. The molecular formula is C48H38O6. The van der Waals surface area contributed by atoms with E-state index in [2.05, 4.69) is 72.8 Å². The normalized spacial score (nSPS) is 11.2. The van der Waals surface area contributed by atoms with Crippen LogP contribution in [0.5, 0.6) is 11.5 Å². The van der Waals surface area contributed by atoms with Crippen LogP contribution in [0.15, 0.2) is 146 Å². The van der Waals surface area contributed by atoms with Gasteiger partial charge in [-0.05, 0) is 80.6 Å². The number of rotatable bonds is 11. The van der Waals surface area contributed by atoms with Crippen LogP contribution in [-0.2, 0) is 19.1 Å². The second-order valence-electron chi connectivity index (χ2n) is 12.9. The summed E-state index contributed by atoms with van der Waals surface area (Å²) in [5.74, 6) is 0.0926. The van der Waals surface area contributed by atoms with Crippen molar-refractivity contribution >= 4 is 55.0 Å². The molecule has 0 aliphatic carbocycles. The van der Waals surface area contributed by atoms with E-state index >= 15 is 0 Å². The van der Waals surface area contributed by atoms with E-state index in [9.17, 15) is 9.59 Å². The monoisotopic (exact) mass is 710 g/mol. The Morgan fingerprint density at radius 1 is 0.389 bits per heavy atom. The smallest absolute Gasteiger partial charge is 0.344 e. The molecule has 0 unspecified atom stereocenters. The summed E-state index contributed by atoms with van der Waals surface area (Å²) < 4.78 is 23.8. The van der Waals surface area contributed by atoms with E-state index in [1.807, 2.05) is 72.8 Å². The molecule has 266 valence electrons. The minimum Gasteiger partial charge on any atom is -0.481 e. The largest absolute Gasteiger partial charge is 0.481 e. The second-order valence-corrected chi connectivity index (χ2v) is 12.9. The first-order chi connectivity index (χ1) is 26.6. The number of hydrogen-bond acceptors (Lipinski definition) is 6. The Morgan fingerprint density at radius 2 is 0.759 bits per heavy atom. The topological polar surface area (TPSA) is 71.1 Å². The van der Waals surface area contributed by atoms with Crippen LogP contribution in [-0.4, -0.2) is 38.4 Å². The van der Waals surface area contributed by atoms with Crippen LogP contribution < -0.4 is 9.47 Å². The van der Waals surface area contributed by atoms with Gasteiger partial charge >= 0.3 is 11.9 Å². The Bertz CT molecular complexity index is 2480. The molecule has 0 atom stereocenters. The fraction of sp³-hybridized carbons (Fsp3) is 0.125. The van der Waals surface area contributed by atoms with Crippen molar-refractivity contribution in [3.8, 4) is 44.9 Å². The minimum atomic E-state index is -0.471. The Balaban J connectivity index is 1.51. The molecule has 6 heteroatoms. The lowest BCUT2D eigenvalue weighted by Gasteiger charge is -2.23. The third-order valence-electron chi connectivity index (χ3n) is 9.70. The Kier molecular flexibility index (Phi) is 9.65. The highest BCUT2D eigenvalue weighted by molar-refractivity contribution is 6.25. The highest BCUT2D eigenvalue weighted by Gasteiger charge is 2.26. The Hall–Kier alpha value is -6.66. The zero-order valence-corrected chi connectivity index (χ0v) is 30.1. The number of carbonyl (C=O) groups excluding carboxylic acids is 2. The lowest BCUT2D eigenvalue weighted by molar-refractivity contribution is -0.146. The number of carbonyl (C=O) groups is 2. The molecule has 8 aromatic rings. The van der Waals surface area contributed by atoms with Gasteiger partial charge in [-0.15, -0.1) is 0 Å². The van der Waals surface area contributed by atoms with Crippen molar-refractivity contribution in [1.29, 1.82) is 0 Å². The SMILES string of the molecule is CCOC(=O)COc1c(-c2c(OCC(=O)OCC)c3ccccc3c3cc(-c4ccccc4)ccc23)c2ccc(-c3ccccc3)cc2c2ccccc12. The predicted molar refractivity (Wildman–Crippen MR) is 217 cm³/mol. The van der Waals surface area contributed by atoms with Crippen LogP contribution in [0.4, 0.5) is 0 Å². The molecule has 8 rings (SSSR count). The molecule has 0 saturated heterocycles. The molecule has 0 amide bonds. The third kappa shape index (κ3) is 6.47. The van der Waals surface area contributed by atoms with E-state index in [-0.39, 0.29) is 26.4 Å². The Morgan fingerprint density at radius 3 is 1.15 bits per heavy atom. The van der Waals surface area contributed by atoms with Gasteiger partial charge in [0.1, 0.15) is 11.5 Å². The van der Waals surface area contributed by atoms with Crippen molar-refractivity contribution in [3.05, 3.63) is 146 Å². The van der Waals surface area contributed by atoms with E-state index in [1.165, 1.54) is 0 Å². The Labute approximate surface area is 313 Å². The molecule has 0 bridgehead atoms. The molecule has 0 spiro atoms.